The first-order valence-corrected chi connectivity index (χ1v) is 10.4. The molecule has 0 aromatic heterocycles. The van der Waals surface area contributed by atoms with Crippen molar-refractivity contribution < 1.29 is 9.69 Å². The van der Waals surface area contributed by atoms with Gasteiger partial charge in [-0.1, -0.05) is 91.0 Å². The summed E-state index contributed by atoms with van der Waals surface area (Å²) in [6.45, 7) is 2.26. The van der Waals surface area contributed by atoms with Crippen molar-refractivity contribution in [3.63, 3.8) is 0 Å². The number of nitrogens with one attached hydrogen (secondary N) is 1. The van der Waals surface area contributed by atoms with Gasteiger partial charge in [0.05, 0.1) is 13.1 Å². The van der Waals surface area contributed by atoms with E-state index in [2.05, 4.69) is 42.5 Å². The topological polar surface area (TPSA) is 21.5 Å². The van der Waals surface area contributed by atoms with Crippen molar-refractivity contribution in [1.82, 2.24) is 0 Å². The Morgan fingerprint density at radius 3 is 1.71 bits per heavy atom. The van der Waals surface area contributed by atoms with Gasteiger partial charge in [0, 0.05) is 11.1 Å². The fraction of sp³-hybridized carbons (Fsp3) is 0.269. The number of rotatable bonds is 6. The average molecular weight is 371 g/mol. The van der Waals surface area contributed by atoms with E-state index in [9.17, 15) is 4.79 Å². The molecule has 0 radical (unpaired) electrons. The van der Waals surface area contributed by atoms with E-state index in [-0.39, 0.29) is 17.7 Å². The molecule has 0 spiro atoms. The van der Waals surface area contributed by atoms with Crippen LogP contribution in [0.2, 0.25) is 0 Å². The third kappa shape index (κ3) is 4.07. The molecule has 0 amide bonds. The molecule has 0 aliphatic carbocycles. The number of hydrogen-bond acceptors (Lipinski definition) is 1. The summed E-state index contributed by atoms with van der Waals surface area (Å²) in [5, 5.41) is 0. The van der Waals surface area contributed by atoms with E-state index in [1.54, 1.807) is 0 Å². The van der Waals surface area contributed by atoms with Gasteiger partial charge in [0.2, 0.25) is 0 Å². The van der Waals surface area contributed by atoms with Crippen molar-refractivity contribution in [3.8, 4) is 0 Å². The van der Waals surface area contributed by atoms with Crippen LogP contribution in [-0.4, -0.2) is 18.9 Å². The zero-order valence-corrected chi connectivity index (χ0v) is 16.3. The second-order valence-electron chi connectivity index (χ2n) is 7.73. The molecule has 1 N–H and O–H groups in total. The smallest absolute Gasteiger partial charge is 0.176 e. The van der Waals surface area contributed by atoms with Gasteiger partial charge in [0.25, 0.3) is 0 Å². The first kappa shape index (κ1) is 18.6. The number of carbonyl (C=O) groups excluding carboxylic acids is 1. The molecule has 1 heterocycles. The predicted octanol–water partition coefficient (Wildman–Crippen LogP) is 4.46. The van der Waals surface area contributed by atoms with Crippen molar-refractivity contribution in [3.05, 3.63) is 108 Å². The van der Waals surface area contributed by atoms with Crippen LogP contribution >= 0.6 is 0 Å². The molecule has 2 heteroatoms. The summed E-state index contributed by atoms with van der Waals surface area (Å²) in [5.74, 6) is 0.0397. The molecule has 142 valence electrons. The monoisotopic (exact) mass is 370 g/mol. The number of Topliss-reactive ketones (excluding diaryl/α,β-unsaturated/α-hetero) is 1. The standard InChI is InChI=1S/C26H27NO/c28-26(23-17-9-3-10-18-23)24(21-13-5-1-6-14-21)25(22-15-7-2-8-16-22)27-19-11-4-12-20-27/h1-3,5-10,13-18,24-25H,4,11-12,19-20H2/p+1/t24-,25-/m0/s1. The summed E-state index contributed by atoms with van der Waals surface area (Å²) < 4.78 is 0. The molecule has 3 aromatic carbocycles. The second kappa shape index (κ2) is 8.99. The summed E-state index contributed by atoms with van der Waals surface area (Å²) in [4.78, 5) is 15.3. The van der Waals surface area contributed by atoms with E-state index in [0.29, 0.717) is 0 Å². The molecule has 1 fully saturated rings. The van der Waals surface area contributed by atoms with Gasteiger partial charge in [-0.25, -0.2) is 0 Å². The van der Waals surface area contributed by atoms with Gasteiger partial charge in [-0.05, 0) is 24.8 Å². The van der Waals surface area contributed by atoms with Gasteiger partial charge in [0.15, 0.2) is 5.78 Å². The zero-order valence-electron chi connectivity index (χ0n) is 16.3. The molecule has 3 aromatic rings. The lowest BCUT2D eigenvalue weighted by atomic mass is 9.80. The minimum atomic E-state index is -0.181. The summed E-state index contributed by atoms with van der Waals surface area (Å²) in [6, 6.07) is 30.9. The fourth-order valence-electron chi connectivity index (χ4n) is 4.58. The highest BCUT2D eigenvalue weighted by Crippen LogP contribution is 2.32. The number of hydrogen-bond donors (Lipinski definition) is 1. The Hall–Kier alpha value is -2.71. The van der Waals surface area contributed by atoms with E-state index in [4.69, 9.17) is 0 Å². The minimum Gasteiger partial charge on any atom is -0.328 e. The Balaban J connectivity index is 1.82. The van der Waals surface area contributed by atoms with Crippen LogP contribution in [0.3, 0.4) is 0 Å². The van der Waals surface area contributed by atoms with E-state index < -0.39 is 0 Å². The van der Waals surface area contributed by atoms with Crippen LogP contribution in [0, 0.1) is 0 Å². The van der Waals surface area contributed by atoms with Crippen LogP contribution in [-0.2, 0) is 0 Å². The summed E-state index contributed by atoms with van der Waals surface area (Å²) in [7, 11) is 0. The van der Waals surface area contributed by atoms with Crippen molar-refractivity contribution in [2.24, 2.45) is 0 Å². The molecule has 0 bridgehead atoms. The average Bonchev–Trinajstić information content (AvgIpc) is 2.79. The maximum Gasteiger partial charge on any atom is 0.176 e. The molecule has 2 nitrogen and oxygen atoms in total. The summed E-state index contributed by atoms with van der Waals surface area (Å²) in [6.07, 6.45) is 3.77. The SMILES string of the molecule is O=C(c1ccccc1)[C@@H](c1ccccc1)[C@H](c1ccccc1)[NH+]1CCCCC1. The van der Waals surface area contributed by atoms with E-state index in [0.717, 1.165) is 24.2 Å². The lowest BCUT2D eigenvalue weighted by Gasteiger charge is -2.36. The van der Waals surface area contributed by atoms with Crippen LogP contribution < -0.4 is 4.90 Å². The number of quaternary nitrogens is 1. The lowest BCUT2D eigenvalue weighted by molar-refractivity contribution is -0.937. The minimum absolute atomic E-state index is 0.136. The maximum absolute atomic E-state index is 13.8. The molecule has 28 heavy (non-hydrogen) atoms. The van der Waals surface area contributed by atoms with Gasteiger partial charge in [-0.3, -0.25) is 4.79 Å². The number of ketones is 1. The van der Waals surface area contributed by atoms with Gasteiger partial charge < -0.3 is 4.90 Å². The Morgan fingerprint density at radius 2 is 1.14 bits per heavy atom. The van der Waals surface area contributed by atoms with E-state index in [1.165, 1.54) is 29.7 Å². The molecule has 0 saturated carbocycles. The third-order valence-corrected chi connectivity index (χ3v) is 5.93. The van der Waals surface area contributed by atoms with Gasteiger partial charge >= 0.3 is 0 Å². The highest BCUT2D eigenvalue weighted by molar-refractivity contribution is 6.01. The third-order valence-electron chi connectivity index (χ3n) is 5.93. The second-order valence-corrected chi connectivity index (χ2v) is 7.73. The van der Waals surface area contributed by atoms with E-state index >= 15 is 0 Å². The van der Waals surface area contributed by atoms with Crippen LogP contribution in [0.5, 0.6) is 0 Å². The fourth-order valence-corrected chi connectivity index (χ4v) is 4.58. The molecular weight excluding hydrogens is 342 g/mol. The molecular formula is C26H28NO+. The first-order valence-electron chi connectivity index (χ1n) is 10.4. The number of piperidine rings is 1. The summed E-state index contributed by atoms with van der Waals surface area (Å²) in [5.41, 5.74) is 3.18. The number of benzene rings is 3. The molecule has 1 saturated heterocycles. The van der Waals surface area contributed by atoms with Crippen molar-refractivity contribution in [1.29, 1.82) is 0 Å². The van der Waals surface area contributed by atoms with Gasteiger partial charge in [-0.15, -0.1) is 0 Å². The highest BCUT2D eigenvalue weighted by Gasteiger charge is 2.39. The van der Waals surface area contributed by atoms with Gasteiger partial charge in [-0.2, -0.15) is 0 Å². The molecule has 2 atom stereocenters. The Kier molecular flexibility index (Phi) is 5.98. The lowest BCUT2D eigenvalue weighted by Crippen LogP contribution is -3.13. The largest absolute Gasteiger partial charge is 0.328 e. The predicted molar refractivity (Wildman–Crippen MR) is 114 cm³/mol. The van der Waals surface area contributed by atoms with E-state index in [1.807, 2.05) is 48.5 Å². The van der Waals surface area contributed by atoms with Crippen LogP contribution in [0.15, 0.2) is 91.0 Å². The highest BCUT2D eigenvalue weighted by atomic mass is 16.1. The molecule has 4 rings (SSSR count). The van der Waals surface area contributed by atoms with Crippen molar-refractivity contribution >= 4 is 5.78 Å². The van der Waals surface area contributed by atoms with Crippen molar-refractivity contribution in [2.45, 2.75) is 31.2 Å². The first-order chi connectivity index (χ1) is 13.8. The summed E-state index contributed by atoms with van der Waals surface area (Å²) >= 11 is 0. The van der Waals surface area contributed by atoms with Crippen LogP contribution in [0.4, 0.5) is 0 Å². The quantitative estimate of drug-likeness (QED) is 0.636. The maximum atomic E-state index is 13.8. The van der Waals surface area contributed by atoms with Gasteiger partial charge in [0.1, 0.15) is 12.0 Å². The number of likely N-dealkylation sites (tertiary alicyclic amines) is 1. The number of carbonyl (C=O) groups is 1. The van der Waals surface area contributed by atoms with Crippen LogP contribution in [0.25, 0.3) is 0 Å². The Morgan fingerprint density at radius 1 is 0.643 bits per heavy atom. The van der Waals surface area contributed by atoms with Crippen LogP contribution in [0.1, 0.15) is 52.7 Å². The molecule has 0 unspecified atom stereocenters. The Bertz CT molecular complexity index is 870. The zero-order chi connectivity index (χ0) is 19.2. The molecule has 1 aliphatic heterocycles. The molecule has 1 aliphatic rings. The normalized spacial score (nSPS) is 17.0. The Labute approximate surface area is 167 Å². The van der Waals surface area contributed by atoms with Crippen molar-refractivity contribution in [2.75, 3.05) is 13.1 Å².